The van der Waals surface area contributed by atoms with E-state index in [1.54, 1.807) is 0 Å². The van der Waals surface area contributed by atoms with Gasteiger partial charge in [0.15, 0.2) is 6.04 Å². The van der Waals surface area contributed by atoms with Crippen molar-refractivity contribution in [2.75, 3.05) is 6.54 Å². The van der Waals surface area contributed by atoms with Crippen molar-refractivity contribution in [2.24, 2.45) is 10.3 Å². The van der Waals surface area contributed by atoms with Gasteiger partial charge >= 0.3 is 0 Å². The molecule has 0 aromatic carbocycles. The molecule has 0 spiro atoms. The Morgan fingerprint density at radius 3 is 2.91 bits per heavy atom. The molecule has 1 heterocycles. The quantitative estimate of drug-likeness (QED) is 0.596. The van der Waals surface area contributed by atoms with Gasteiger partial charge in [-0.15, -0.1) is 0 Å². The van der Waals surface area contributed by atoms with Gasteiger partial charge in [0.05, 0.1) is 0 Å². The molecule has 0 aromatic heterocycles. The number of carbonyl (C=O) groups is 1. The molecule has 11 heavy (non-hydrogen) atoms. The molecule has 1 atom stereocenters. The van der Waals surface area contributed by atoms with Crippen molar-refractivity contribution < 1.29 is 4.79 Å². The van der Waals surface area contributed by atoms with Crippen molar-refractivity contribution in [2.45, 2.75) is 25.9 Å². The molecule has 1 aliphatic rings. The van der Waals surface area contributed by atoms with Crippen LogP contribution in [0.4, 0.5) is 0 Å². The summed E-state index contributed by atoms with van der Waals surface area (Å²) in [7, 11) is 0. The average molecular weight is 156 g/mol. The van der Waals surface area contributed by atoms with E-state index in [2.05, 4.69) is 21.1 Å². The van der Waals surface area contributed by atoms with E-state index in [-0.39, 0.29) is 11.9 Å². The van der Waals surface area contributed by atoms with E-state index in [4.69, 9.17) is 0 Å². The lowest BCUT2D eigenvalue weighted by atomic mass is 10.3. The molecule has 5 heteroatoms. The van der Waals surface area contributed by atoms with Crippen molar-refractivity contribution >= 4 is 5.91 Å². The van der Waals surface area contributed by atoms with Crippen LogP contribution in [-0.2, 0) is 4.79 Å². The highest BCUT2D eigenvalue weighted by atomic mass is 16.2. The molecule has 1 unspecified atom stereocenters. The van der Waals surface area contributed by atoms with Crippen LogP contribution in [0.3, 0.4) is 0 Å². The number of nitrogens with one attached hydrogen (secondary N) is 2. The summed E-state index contributed by atoms with van der Waals surface area (Å²) in [5.74, 6) is -0.127. The SMILES string of the molecule is CC(C)NCC1N=NNC1=O. The lowest BCUT2D eigenvalue weighted by Crippen LogP contribution is -2.36. The highest BCUT2D eigenvalue weighted by molar-refractivity contribution is 5.82. The molecule has 0 aromatic rings. The van der Waals surface area contributed by atoms with Crippen LogP contribution in [0.1, 0.15) is 13.8 Å². The summed E-state index contributed by atoms with van der Waals surface area (Å²) in [5.41, 5.74) is 2.27. The zero-order chi connectivity index (χ0) is 8.27. The van der Waals surface area contributed by atoms with E-state index in [1.807, 2.05) is 13.8 Å². The third-order valence-electron chi connectivity index (χ3n) is 1.38. The van der Waals surface area contributed by atoms with Gasteiger partial charge in [0.1, 0.15) is 0 Å². The first-order valence-corrected chi connectivity index (χ1v) is 3.63. The summed E-state index contributed by atoms with van der Waals surface area (Å²) in [6.07, 6.45) is 0. The second-order valence-corrected chi connectivity index (χ2v) is 2.77. The standard InChI is InChI=1S/C6H12N4O/c1-4(2)7-3-5-6(11)9-10-8-5/h4-5,7H,3H2,1-2H3,(H,8,9,11). The fourth-order valence-electron chi connectivity index (χ4n) is 0.756. The minimum absolute atomic E-state index is 0.127. The monoisotopic (exact) mass is 156 g/mol. The minimum atomic E-state index is -0.336. The summed E-state index contributed by atoms with van der Waals surface area (Å²) in [6.45, 7) is 4.60. The molecular formula is C6H12N4O. The van der Waals surface area contributed by atoms with Crippen molar-refractivity contribution in [3.8, 4) is 0 Å². The Kier molecular flexibility index (Phi) is 2.53. The Morgan fingerprint density at radius 1 is 1.73 bits per heavy atom. The normalized spacial score (nSPS) is 22.8. The maximum atomic E-state index is 10.8. The van der Waals surface area contributed by atoms with E-state index in [0.29, 0.717) is 12.6 Å². The predicted octanol–water partition coefficient (Wildman–Crippen LogP) is -0.150. The van der Waals surface area contributed by atoms with E-state index in [1.165, 1.54) is 0 Å². The Morgan fingerprint density at radius 2 is 2.45 bits per heavy atom. The topological polar surface area (TPSA) is 65.8 Å². The van der Waals surface area contributed by atoms with Crippen LogP contribution in [0.15, 0.2) is 10.3 Å². The van der Waals surface area contributed by atoms with Crippen molar-refractivity contribution in [3.05, 3.63) is 0 Å². The van der Waals surface area contributed by atoms with Crippen LogP contribution in [0.5, 0.6) is 0 Å². The molecule has 0 fully saturated rings. The number of carbonyl (C=O) groups excluding carboxylic acids is 1. The van der Waals surface area contributed by atoms with Gasteiger partial charge in [0.2, 0.25) is 0 Å². The smallest absolute Gasteiger partial charge is 0.269 e. The Hall–Kier alpha value is -0.970. The summed E-state index contributed by atoms with van der Waals surface area (Å²) in [6, 6.07) is 0.0380. The van der Waals surface area contributed by atoms with Crippen molar-refractivity contribution in [1.29, 1.82) is 0 Å². The molecule has 5 nitrogen and oxygen atoms in total. The van der Waals surface area contributed by atoms with Gasteiger partial charge in [0, 0.05) is 12.6 Å². The fourth-order valence-corrected chi connectivity index (χ4v) is 0.756. The van der Waals surface area contributed by atoms with Crippen LogP contribution in [0.2, 0.25) is 0 Å². The maximum absolute atomic E-state index is 10.8. The molecule has 0 saturated heterocycles. The largest absolute Gasteiger partial charge is 0.312 e. The van der Waals surface area contributed by atoms with Crippen molar-refractivity contribution in [1.82, 2.24) is 10.7 Å². The molecule has 62 valence electrons. The summed E-state index contributed by atoms with van der Waals surface area (Å²) in [5, 5.41) is 10.2. The van der Waals surface area contributed by atoms with E-state index >= 15 is 0 Å². The number of hydrogen-bond acceptors (Lipinski definition) is 4. The van der Waals surface area contributed by atoms with Crippen LogP contribution in [0, 0.1) is 0 Å². The first-order valence-electron chi connectivity index (χ1n) is 3.63. The molecule has 1 amide bonds. The Labute approximate surface area is 65.2 Å². The van der Waals surface area contributed by atoms with Gasteiger partial charge in [-0.05, 0) is 0 Å². The minimum Gasteiger partial charge on any atom is -0.312 e. The molecular weight excluding hydrogens is 144 g/mol. The molecule has 1 aliphatic heterocycles. The van der Waals surface area contributed by atoms with Crippen LogP contribution >= 0.6 is 0 Å². The Bertz CT molecular complexity index is 177. The maximum Gasteiger partial charge on any atom is 0.269 e. The van der Waals surface area contributed by atoms with E-state index in [0.717, 1.165) is 0 Å². The lowest BCUT2D eigenvalue weighted by molar-refractivity contribution is -0.120. The van der Waals surface area contributed by atoms with Gasteiger partial charge in [-0.25, -0.2) is 5.43 Å². The molecule has 0 aliphatic carbocycles. The number of rotatable bonds is 3. The van der Waals surface area contributed by atoms with Crippen LogP contribution < -0.4 is 10.7 Å². The molecule has 2 N–H and O–H groups in total. The molecule has 0 saturated carbocycles. The first kappa shape index (κ1) is 8.13. The number of nitrogens with zero attached hydrogens (tertiary/aromatic N) is 2. The van der Waals surface area contributed by atoms with Crippen molar-refractivity contribution in [3.63, 3.8) is 0 Å². The summed E-state index contributed by atoms with van der Waals surface area (Å²) < 4.78 is 0. The molecule has 1 rings (SSSR count). The average Bonchev–Trinajstić information content (AvgIpc) is 2.31. The van der Waals surface area contributed by atoms with Gasteiger partial charge in [-0.3, -0.25) is 4.79 Å². The predicted molar refractivity (Wildman–Crippen MR) is 39.9 cm³/mol. The zero-order valence-corrected chi connectivity index (χ0v) is 6.66. The zero-order valence-electron chi connectivity index (χ0n) is 6.66. The Balaban J connectivity index is 2.26. The lowest BCUT2D eigenvalue weighted by Gasteiger charge is -2.08. The highest BCUT2D eigenvalue weighted by Gasteiger charge is 2.21. The van der Waals surface area contributed by atoms with E-state index < -0.39 is 0 Å². The number of hydrogen-bond donors (Lipinski definition) is 2. The van der Waals surface area contributed by atoms with Gasteiger partial charge in [-0.2, -0.15) is 5.11 Å². The molecule has 0 radical (unpaired) electrons. The van der Waals surface area contributed by atoms with Crippen LogP contribution in [-0.4, -0.2) is 24.5 Å². The highest BCUT2D eigenvalue weighted by Crippen LogP contribution is 1.97. The number of amides is 1. The summed E-state index contributed by atoms with van der Waals surface area (Å²) >= 11 is 0. The van der Waals surface area contributed by atoms with Gasteiger partial charge in [0.25, 0.3) is 5.91 Å². The molecule has 0 bridgehead atoms. The first-order chi connectivity index (χ1) is 5.20. The third kappa shape index (κ3) is 2.27. The fraction of sp³-hybridized carbons (Fsp3) is 0.833. The second kappa shape index (κ2) is 3.43. The third-order valence-corrected chi connectivity index (χ3v) is 1.38. The van der Waals surface area contributed by atoms with Gasteiger partial charge < -0.3 is 5.32 Å². The van der Waals surface area contributed by atoms with Gasteiger partial charge in [-0.1, -0.05) is 19.1 Å². The summed E-state index contributed by atoms with van der Waals surface area (Å²) in [4.78, 5) is 10.8. The second-order valence-electron chi connectivity index (χ2n) is 2.77. The van der Waals surface area contributed by atoms with E-state index in [9.17, 15) is 4.79 Å². The van der Waals surface area contributed by atoms with Crippen LogP contribution in [0.25, 0.3) is 0 Å².